The number of fused-ring (bicyclic) bond motifs is 1. The maximum Gasteiger partial charge on any atom is 0.271 e. The van der Waals surface area contributed by atoms with Gasteiger partial charge in [0.25, 0.3) is 11.6 Å². The predicted molar refractivity (Wildman–Crippen MR) is 122 cm³/mol. The van der Waals surface area contributed by atoms with Crippen LogP contribution in [0.2, 0.25) is 0 Å². The minimum Gasteiger partial charge on any atom is -0.322 e. The molecule has 172 valence electrons. The first-order valence-electron chi connectivity index (χ1n) is 10.5. The molecule has 0 aliphatic carbocycles. The van der Waals surface area contributed by atoms with Crippen LogP contribution < -0.4 is 5.32 Å². The number of aryl methyl sites for hydroxylation is 2. The highest BCUT2D eigenvalue weighted by Crippen LogP contribution is 2.28. The number of sulfone groups is 1. The topological polar surface area (TPSA) is 137 Å². The van der Waals surface area contributed by atoms with Crippen LogP contribution in [0.4, 0.5) is 11.4 Å². The van der Waals surface area contributed by atoms with Gasteiger partial charge in [-0.1, -0.05) is 18.6 Å². The van der Waals surface area contributed by atoms with Gasteiger partial charge in [-0.25, -0.2) is 8.42 Å². The molecule has 1 aromatic heterocycles. The molecule has 11 heteroatoms. The number of hydrogen-bond acceptors (Lipinski definition) is 7. The summed E-state index contributed by atoms with van der Waals surface area (Å²) in [6.07, 6.45) is 5.06. The van der Waals surface area contributed by atoms with Crippen LogP contribution in [0.25, 0.3) is 11.4 Å². The fraction of sp³-hybridized carbons (Fsp3) is 0.318. The average Bonchev–Trinajstić information content (AvgIpc) is 3.02. The molecule has 4 rings (SSSR count). The Kier molecular flexibility index (Phi) is 5.98. The van der Waals surface area contributed by atoms with Crippen LogP contribution >= 0.6 is 0 Å². The van der Waals surface area contributed by atoms with Gasteiger partial charge in [-0.2, -0.15) is 0 Å². The van der Waals surface area contributed by atoms with E-state index < -0.39 is 26.4 Å². The number of nitro groups is 1. The third-order valence-electron chi connectivity index (χ3n) is 5.65. The van der Waals surface area contributed by atoms with E-state index in [4.69, 9.17) is 0 Å². The Morgan fingerprint density at radius 1 is 1.12 bits per heavy atom. The van der Waals surface area contributed by atoms with Crippen molar-refractivity contribution in [3.63, 3.8) is 0 Å². The molecule has 1 aliphatic heterocycles. The van der Waals surface area contributed by atoms with Crippen molar-refractivity contribution in [2.75, 3.05) is 11.6 Å². The zero-order chi connectivity index (χ0) is 23.8. The Bertz CT molecular complexity index is 1360. The molecule has 0 unspecified atom stereocenters. The standard InChI is InChI=1S/C22H23N5O5S/c1-14-7-8-15(21-25-24-20-6-4-3-5-9-26(20)21)12-19(14)23-22(28)16-10-17(27(29)30)13-18(11-16)33(2,31)32/h7-8,10-13H,3-6,9H2,1-2H3,(H,23,28). The fourth-order valence-corrected chi connectivity index (χ4v) is 4.50. The van der Waals surface area contributed by atoms with E-state index in [1.165, 1.54) is 0 Å². The van der Waals surface area contributed by atoms with Gasteiger partial charge in [-0.15, -0.1) is 10.2 Å². The summed E-state index contributed by atoms with van der Waals surface area (Å²) < 4.78 is 26.0. The first-order valence-corrected chi connectivity index (χ1v) is 12.4. The van der Waals surface area contributed by atoms with Crippen LogP contribution in [0.1, 0.15) is 41.0 Å². The first-order chi connectivity index (χ1) is 15.6. The quantitative estimate of drug-likeness (QED) is 0.445. The predicted octanol–water partition coefficient (Wildman–Crippen LogP) is 3.54. The van der Waals surface area contributed by atoms with Crippen molar-refractivity contribution in [3.8, 4) is 11.4 Å². The van der Waals surface area contributed by atoms with Gasteiger partial charge in [0.2, 0.25) is 0 Å². The summed E-state index contributed by atoms with van der Waals surface area (Å²) >= 11 is 0. The number of amides is 1. The molecule has 3 aromatic rings. The van der Waals surface area contributed by atoms with Crippen LogP contribution in [-0.2, 0) is 22.8 Å². The molecule has 0 bridgehead atoms. The SMILES string of the molecule is Cc1ccc(-c2nnc3n2CCCCC3)cc1NC(=O)c1cc([N+](=O)[O-])cc(S(C)(=O)=O)c1. The number of carbonyl (C=O) groups is 1. The molecule has 0 saturated heterocycles. The van der Waals surface area contributed by atoms with E-state index in [1.54, 1.807) is 6.07 Å². The molecule has 1 N–H and O–H groups in total. The Morgan fingerprint density at radius 2 is 1.91 bits per heavy atom. The van der Waals surface area contributed by atoms with Gasteiger partial charge < -0.3 is 9.88 Å². The van der Waals surface area contributed by atoms with E-state index in [0.717, 1.165) is 79.5 Å². The average molecular weight is 470 g/mol. The molecule has 10 nitrogen and oxygen atoms in total. The normalized spacial score (nSPS) is 13.8. The number of nitro benzene ring substituents is 1. The Balaban J connectivity index is 1.68. The maximum atomic E-state index is 12.9. The Morgan fingerprint density at radius 3 is 2.64 bits per heavy atom. The lowest BCUT2D eigenvalue weighted by Crippen LogP contribution is -2.14. The molecule has 1 aliphatic rings. The van der Waals surface area contributed by atoms with Gasteiger partial charge in [-0.3, -0.25) is 14.9 Å². The second kappa shape index (κ2) is 8.74. The van der Waals surface area contributed by atoms with Crippen molar-refractivity contribution >= 4 is 27.1 Å². The zero-order valence-corrected chi connectivity index (χ0v) is 19.1. The van der Waals surface area contributed by atoms with E-state index in [2.05, 4.69) is 20.1 Å². The van der Waals surface area contributed by atoms with Crippen LogP contribution in [0, 0.1) is 17.0 Å². The number of nitrogens with zero attached hydrogens (tertiary/aromatic N) is 4. The van der Waals surface area contributed by atoms with E-state index in [-0.39, 0.29) is 10.5 Å². The van der Waals surface area contributed by atoms with Crippen LogP contribution in [0.5, 0.6) is 0 Å². The fourth-order valence-electron chi connectivity index (χ4n) is 3.82. The second-order valence-electron chi connectivity index (χ2n) is 8.13. The van der Waals surface area contributed by atoms with Crippen molar-refractivity contribution in [2.24, 2.45) is 0 Å². The minimum atomic E-state index is -3.75. The van der Waals surface area contributed by atoms with Crippen molar-refractivity contribution in [3.05, 3.63) is 63.5 Å². The lowest BCUT2D eigenvalue weighted by atomic mass is 10.1. The third-order valence-corrected chi connectivity index (χ3v) is 6.74. The molecule has 0 radical (unpaired) electrons. The molecule has 2 aromatic carbocycles. The van der Waals surface area contributed by atoms with Gasteiger partial charge in [0, 0.05) is 48.2 Å². The molecule has 1 amide bonds. The summed E-state index contributed by atoms with van der Waals surface area (Å²) in [6.45, 7) is 2.65. The summed E-state index contributed by atoms with van der Waals surface area (Å²) in [5.41, 5.74) is 1.46. The van der Waals surface area contributed by atoms with Crippen molar-refractivity contribution in [2.45, 2.75) is 44.0 Å². The van der Waals surface area contributed by atoms with Crippen molar-refractivity contribution in [1.82, 2.24) is 14.8 Å². The summed E-state index contributed by atoms with van der Waals surface area (Å²) in [7, 11) is -3.75. The highest BCUT2D eigenvalue weighted by atomic mass is 32.2. The van der Waals surface area contributed by atoms with Gasteiger partial charge in [-0.05, 0) is 37.5 Å². The van der Waals surface area contributed by atoms with E-state index in [9.17, 15) is 23.3 Å². The van der Waals surface area contributed by atoms with Crippen LogP contribution in [0.3, 0.4) is 0 Å². The second-order valence-corrected chi connectivity index (χ2v) is 10.1. The number of aromatic nitrogens is 3. The molecule has 0 atom stereocenters. The summed E-state index contributed by atoms with van der Waals surface area (Å²) in [5.74, 6) is 1.01. The van der Waals surface area contributed by atoms with E-state index in [1.807, 2.05) is 19.1 Å². The number of rotatable bonds is 5. The number of nitrogens with one attached hydrogen (secondary N) is 1. The molecule has 33 heavy (non-hydrogen) atoms. The number of hydrogen-bond donors (Lipinski definition) is 1. The Labute approximate surface area is 190 Å². The molecule has 0 fully saturated rings. The highest BCUT2D eigenvalue weighted by molar-refractivity contribution is 7.90. The molecular formula is C22H23N5O5S. The minimum absolute atomic E-state index is 0.120. The van der Waals surface area contributed by atoms with Gasteiger partial charge >= 0.3 is 0 Å². The largest absolute Gasteiger partial charge is 0.322 e. The van der Waals surface area contributed by atoms with Crippen LogP contribution in [-0.4, -0.2) is 40.3 Å². The molecule has 0 saturated carbocycles. The third kappa shape index (κ3) is 4.77. The van der Waals surface area contributed by atoms with E-state index >= 15 is 0 Å². The number of benzene rings is 2. The molecular weight excluding hydrogens is 446 g/mol. The summed E-state index contributed by atoms with van der Waals surface area (Å²) in [5, 5.41) is 22.7. The Hall–Kier alpha value is -3.60. The van der Waals surface area contributed by atoms with Crippen molar-refractivity contribution in [1.29, 1.82) is 0 Å². The number of non-ortho nitro benzene ring substituents is 1. The zero-order valence-electron chi connectivity index (χ0n) is 18.2. The number of carbonyl (C=O) groups excluding carboxylic acids is 1. The lowest BCUT2D eigenvalue weighted by Gasteiger charge is -2.12. The molecule has 2 heterocycles. The van der Waals surface area contributed by atoms with E-state index in [0.29, 0.717) is 5.69 Å². The monoisotopic (exact) mass is 469 g/mol. The smallest absolute Gasteiger partial charge is 0.271 e. The first kappa shape index (κ1) is 22.6. The van der Waals surface area contributed by atoms with Crippen molar-refractivity contribution < 1.29 is 18.1 Å². The number of anilines is 1. The summed E-state index contributed by atoms with van der Waals surface area (Å²) in [6, 6.07) is 8.66. The molecule has 0 spiro atoms. The summed E-state index contributed by atoms with van der Waals surface area (Å²) in [4.78, 5) is 23.2. The lowest BCUT2D eigenvalue weighted by molar-refractivity contribution is -0.385. The van der Waals surface area contributed by atoms with Gasteiger partial charge in [0.1, 0.15) is 5.82 Å². The van der Waals surface area contributed by atoms with Gasteiger partial charge in [0.15, 0.2) is 15.7 Å². The van der Waals surface area contributed by atoms with Crippen LogP contribution in [0.15, 0.2) is 41.3 Å². The maximum absolute atomic E-state index is 12.9. The van der Waals surface area contributed by atoms with Gasteiger partial charge in [0.05, 0.1) is 9.82 Å². The highest BCUT2D eigenvalue weighted by Gasteiger charge is 2.21.